The van der Waals surface area contributed by atoms with Crippen molar-refractivity contribution in [1.82, 2.24) is 9.55 Å². The molecule has 0 aliphatic heterocycles. The number of halogens is 1. The van der Waals surface area contributed by atoms with E-state index in [4.69, 9.17) is 21.4 Å². The molecule has 2 aromatic rings. The van der Waals surface area contributed by atoms with Gasteiger partial charge in [-0.2, -0.15) is 0 Å². The zero-order chi connectivity index (χ0) is 13.1. The van der Waals surface area contributed by atoms with Crippen LogP contribution in [0.2, 0.25) is 5.02 Å². The molecule has 94 valence electrons. The number of ether oxygens (including phenoxy) is 1. The fourth-order valence-corrected chi connectivity index (χ4v) is 1.82. The molecule has 0 unspecified atom stereocenters. The number of aromatic nitrogens is 2. The fraction of sp³-hybridized carbons (Fsp3) is 0.167. The van der Waals surface area contributed by atoms with E-state index in [1.165, 1.54) is 12.5 Å². The standard InChI is InChI=1S/C12H11ClN2O3/c1-18-11-3-2-9(13)4-8(11)5-15-6-10(12(16)17)14-7-15/h2-4,6-7H,5H2,1H3,(H,16,17). The minimum atomic E-state index is -1.05. The van der Waals surface area contributed by atoms with Gasteiger partial charge in [0, 0.05) is 16.8 Å². The fourth-order valence-electron chi connectivity index (χ4n) is 1.62. The summed E-state index contributed by atoms with van der Waals surface area (Å²) in [5, 5.41) is 9.39. The Hall–Kier alpha value is -2.01. The van der Waals surface area contributed by atoms with Crippen LogP contribution in [0, 0.1) is 0 Å². The van der Waals surface area contributed by atoms with Gasteiger partial charge in [0.1, 0.15) is 5.75 Å². The van der Waals surface area contributed by atoms with Gasteiger partial charge in [-0.25, -0.2) is 9.78 Å². The number of benzene rings is 1. The molecule has 0 amide bonds. The number of hydrogen-bond donors (Lipinski definition) is 1. The first-order chi connectivity index (χ1) is 8.60. The number of aromatic carboxylic acids is 1. The van der Waals surface area contributed by atoms with Crippen LogP contribution in [0.15, 0.2) is 30.7 Å². The number of carboxylic acids is 1. The van der Waals surface area contributed by atoms with Crippen molar-refractivity contribution in [3.63, 3.8) is 0 Å². The topological polar surface area (TPSA) is 64.4 Å². The third-order valence-corrected chi connectivity index (χ3v) is 2.68. The van der Waals surface area contributed by atoms with Gasteiger partial charge in [0.05, 0.1) is 20.0 Å². The molecule has 0 bridgehead atoms. The van der Waals surface area contributed by atoms with E-state index in [0.29, 0.717) is 17.3 Å². The number of hydrogen-bond acceptors (Lipinski definition) is 3. The first-order valence-corrected chi connectivity index (χ1v) is 5.55. The van der Waals surface area contributed by atoms with Crippen molar-refractivity contribution in [2.24, 2.45) is 0 Å². The van der Waals surface area contributed by atoms with E-state index in [9.17, 15) is 4.79 Å². The largest absolute Gasteiger partial charge is 0.496 e. The monoisotopic (exact) mass is 266 g/mol. The van der Waals surface area contributed by atoms with Gasteiger partial charge in [0.15, 0.2) is 5.69 Å². The quantitative estimate of drug-likeness (QED) is 0.922. The van der Waals surface area contributed by atoms with Crippen LogP contribution < -0.4 is 4.74 Å². The highest BCUT2D eigenvalue weighted by Gasteiger charge is 2.09. The molecule has 2 rings (SSSR count). The number of carboxylic acid groups (broad SMARTS) is 1. The molecule has 1 aromatic heterocycles. The van der Waals surface area contributed by atoms with Crippen LogP contribution in [-0.4, -0.2) is 27.7 Å². The SMILES string of the molecule is COc1ccc(Cl)cc1Cn1cnc(C(=O)O)c1. The van der Waals surface area contributed by atoms with Gasteiger partial charge in [0.25, 0.3) is 0 Å². The van der Waals surface area contributed by atoms with Crippen LogP contribution >= 0.6 is 11.6 Å². The number of imidazole rings is 1. The summed E-state index contributed by atoms with van der Waals surface area (Å²) in [7, 11) is 1.57. The second-order valence-electron chi connectivity index (χ2n) is 3.69. The Morgan fingerprint density at radius 3 is 2.94 bits per heavy atom. The number of rotatable bonds is 4. The van der Waals surface area contributed by atoms with Crippen molar-refractivity contribution in [2.45, 2.75) is 6.54 Å². The Morgan fingerprint density at radius 1 is 1.56 bits per heavy atom. The highest BCUT2D eigenvalue weighted by Crippen LogP contribution is 2.23. The minimum Gasteiger partial charge on any atom is -0.496 e. The molecule has 5 nitrogen and oxygen atoms in total. The number of nitrogens with zero attached hydrogens (tertiary/aromatic N) is 2. The van der Waals surface area contributed by atoms with E-state index in [0.717, 1.165) is 5.56 Å². The summed E-state index contributed by atoms with van der Waals surface area (Å²) in [5.41, 5.74) is 0.871. The second-order valence-corrected chi connectivity index (χ2v) is 4.13. The molecule has 0 spiro atoms. The Balaban J connectivity index is 2.27. The van der Waals surface area contributed by atoms with Crippen molar-refractivity contribution in [3.8, 4) is 5.75 Å². The summed E-state index contributed by atoms with van der Waals surface area (Å²) >= 11 is 5.92. The summed E-state index contributed by atoms with van der Waals surface area (Å²) in [5.74, 6) is -0.350. The number of carbonyl (C=O) groups is 1. The van der Waals surface area contributed by atoms with Crippen LogP contribution in [0.4, 0.5) is 0 Å². The smallest absolute Gasteiger partial charge is 0.356 e. The first-order valence-electron chi connectivity index (χ1n) is 5.17. The minimum absolute atomic E-state index is 0.0102. The summed E-state index contributed by atoms with van der Waals surface area (Å²) in [6.45, 7) is 0.448. The van der Waals surface area contributed by atoms with Crippen LogP contribution in [0.25, 0.3) is 0 Å². The van der Waals surface area contributed by atoms with Crippen LogP contribution in [0.5, 0.6) is 5.75 Å². The maximum absolute atomic E-state index is 10.7. The molecule has 1 heterocycles. The van der Waals surface area contributed by atoms with Crippen LogP contribution in [0.3, 0.4) is 0 Å². The van der Waals surface area contributed by atoms with Gasteiger partial charge in [-0.3, -0.25) is 0 Å². The van der Waals surface area contributed by atoms with Crippen molar-refractivity contribution < 1.29 is 14.6 Å². The molecule has 6 heteroatoms. The molecular weight excluding hydrogens is 256 g/mol. The Labute approximate surface area is 109 Å². The lowest BCUT2D eigenvalue weighted by Gasteiger charge is -2.09. The second kappa shape index (κ2) is 5.10. The van der Waals surface area contributed by atoms with Gasteiger partial charge in [0.2, 0.25) is 0 Å². The summed E-state index contributed by atoms with van der Waals surface area (Å²) < 4.78 is 6.88. The predicted molar refractivity (Wildman–Crippen MR) is 66.3 cm³/mol. The summed E-state index contributed by atoms with van der Waals surface area (Å²) in [6, 6.07) is 5.29. The normalized spacial score (nSPS) is 10.3. The van der Waals surface area contributed by atoms with E-state index in [1.807, 2.05) is 0 Å². The van der Waals surface area contributed by atoms with Gasteiger partial charge in [-0.15, -0.1) is 0 Å². The molecular formula is C12H11ClN2O3. The third kappa shape index (κ3) is 2.62. The molecule has 0 radical (unpaired) electrons. The molecule has 1 aromatic carbocycles. The molecule has 0 aliphatic carbocycles. The van der Waals surface area contributed by atoms with E-state index in [-0.39, 0.29) is 5.69 Å². The average molecular weight is 267 g/mol. The van der Waals surface area contributed by atoms with E-state index >= 15 is 0 Å². The maximum Gasteiger partial charge on any atom is 0.356 e. The molecule has 0 atom stereocenters. The molecule has 0 fully saturated rings. The Kier molecular flexibility index (Phi) is 3.53. The highest BCUT2D eigenvalue weighted by molar-refractivity contribution is 6.30. The molecule has 18 heavy (non-hydrogen) atoms. The lowest BCUT2D eigenvalue weighted by molar-refractivity contribution is 0.0691. The van der Waals surface area contributed by atoms with E-state index in [2.05, 4.69) is 4.98 Å². The van der Waals surface area contributed by atoms with Gasteiger partial charge in [-0.1, -0.05) is 11.6 Å². The zero-order valence-electron chi connectivity index (χ0n) is 9.63. The molecule has 0 saturated heterocycles. The van der Waals surface area contributed by atoms with Crippen molar-refractivity contribution in [1.29, 1.82) is 0 Å². The average Bonchev–Trinajstić information content (AvgIpc) is 2.78. The lowest BCUT2D eigenvalue weighted by atomic mass is 10.2. The third-order valence-electron chi connectivity index (χ3n) is 2.45. The lowest BCUT2D eigenvalue weighted by Crippen LogP contribution is -2.00. The summed E-state index contributed by atoms with van der Waals surface area (Å²) in [4.78, 5) is 14.5. The number of methoxy groups -OCH3 is 1. The van der Waals surface area contributed by atoms with Gasteiger partial charge in [-0.05, 0) is 18.2 Å². The van der Waals surface area contributed by atoms with Gasteiger partial charge >= 0.3 is 5.97 Å². The molecule has 0 saturated carbocycles. The highest BCUT2D eigenvalue weighted by atomic mass is 35.5. The van der Waals surface area contributed by atoms with E-state index in [1.54, 1.807) is 29.9 Å². The maximum atomic E-state index is 10.7. The van der Waals surface area contributed by atoms with Crippen molar-refractivity contribution in [2.75, 3.05) is 7.11 Å². The van der Waals surface area contributed by atoms with Crippen LogP contribution in [-0.2, 0) is 6.54 Å². The first kappa shape index (κ1) is 12.4. The summed E-state index contributed by atoms with van der Waals surface area (Å²) in [6.07, 6.45) is 2.92. The Morgan fingerprint density at radius 2 is 2.33 bits per heavy atom. The Bertz CT molecular complexity index is 580. The molecule has 0 aliphatic rings. The zero-order valence-corrected chi connectivity index (χ0v) is 10.4. The predicted octanol–water partition coefficient (Wildman–Crippen LogP) is 2.29. The molecule has 1 N–H and O–H groups in total. The van der Waals surface area contributed by atoms with Crippen molar-refractivity contribution in [3.05, 3.63) is 47.0 Å². The van der Waals surface area contributed by atoms with Crippen LogP contribution in [0.1, 0.15) is 16.1 Å². The van der Waals surface area contributed by atoms with E-state index < -0.39 is 5.97 Å². The van der Waals surface area contributed by atoms with Crippen molar-refractivity contribution >= 4 is 17.6 Å². The van der Waals surface area contributed by atoms with Gasteiger partial charge < -0.3 is 14.4 Å².